The number of nitrogens with zero attached hydrogens (tertiary/aromatic N) is 2. The second-order valence-corrected chi connectivity index (χ2v) is 5.39. The molecule has 1 amide bonds. The maximum absolute atomic E-state index is 12.2. The molecule has 5 nitrogen and oxygen atoms in total. The summed E-state index contributed by atoms with van der Waals surface area (Å²) >= 11 is 0. The Hall–Kier alpha value is -2.95. The van der Waals surface area contributed by atoms with Gasteiger partial charge >= 0.3 is 0 Å². The maximum Gasteiger partial charge on any atom is 0.293 e. The average Bonchev–Trinajstić information content (AvgIpc) is 3.06. The molecular weight excluding hydrogens is 290 g/mol. The van der Waals surface area contributed by atoms with Crippen LogP contribution in [0.3, 0.4) is 0 Å². The van der Waals surface area contributed by atoms with Gasteiger partial charge in [0.2, 0.25) is 0 Å². The van der Waals surface area contributed by atoms with E-state index in [1.807, 2.05) is 68.4 Å². The molecule has 3 aromatic rings. The van der Waals surface area contributed by atoms with Crippen LogP contribution >= 0.6 is 0 Å². The lowest BCUT2D eigenvalue weighted by molar-refractivity contribution is 0.0926. The number of carbonyl (C=O) groups is 1. The molecule has 0 saturated carbocycles. The summed E-state index contributed by atoms with van der Waals surface area (Å²) in [5, 5.41) is 6.63. The van der Waals surface area contributed by atoms with Crippen molar-refractivity contribution in [3.8, 4) is 11.5 Å². The van der Waals surface area contributed by atoms with Gasteiger partial charge < -0.3 is 9.84 Å². The Morgan fingerprint density at radius 1 is 1.09 bits per heavy atom. The van der Waals surface area contributed by atoms with Crippen LogP contribution in [0, 0.1) is 6.92 Å². The van der Waals surface area contributed by atoms with E-state index in [4.69, 9.17) is 4.52 Å². The van der Waals surface area contributed by atoms with Gasteiger partial charge in [-0.25, -0.2) is 0 Å². The molecule has 1 unspecified atom stereocenters. The lowest BCUT2D eigenvalue weighted by Crippen LogP contribution is -2.27. The van der Waals surface area contributed by atoms with Crippen LogP contribution in [-0.2, 0) is 0 Å². The van der Waals surface area contributed by atoms with Crippen LogP contribution in [-0.4, -0.2) is 16.0 Å². The van der Waals surface area contributed by atoms with Gasteiger partial charge in [0.15, 0.2) is 0 Å². The molecule has 1 atom stereocenters. The number of benzene rings is 2. The third kappa shape index (κ3) is 3.45. The first-order valence-electron chi connectivity index (χ1n) is 7.40. The molecule has 5 heteroatoms. The largest absolute Gasteiger partial charge is 0.343 e. The monoisotopic (exact) mass is 307 g/mol. The van der Waals surface area contributed by atoms with Gasteiger partial charge in [-0.05, 0) is 31.5 Å². The summed E-state index contributed by atoms with van der Waals surface area (Å²) in [5.74, 6) is 0.00864. The highest BCUT2D eigenvalue weighted by atomic mass is 16.5. The molecule has 0 fully saturated rings. The molecule has 3 rings (SSSR count). The normalized spacial score (nSPS) is 11.9. The zero-order valence-corrected chi connectivity index (χ0v) is 13.0. The number of carbonyl (C=O) groups excluding carboxylic acids is 1. The van der Waals surface area contributed by atoms with Crippen molar-refractivity contribution in [2.75, 3.05) is 0 Å². The minimum absolute atomic E-state index is 0.0309. The summed E-state index contributed by atoms with van der Waals surface area (Å²) in [7, 11) is 0. The Morgan fingerprint density at radius 2 is 1.78 bits per heavy atom. The van der Waals surface area contributed by atoms with E-state index >= 15 is 0 Å². The van der Waals surface area contributed by atoms with Crippen LogP contribution in [0.1, 0.15) is 34.7 Å². The molecule has 0 aliphatic rings. The van der Waals surface area contributed by atoms with E-state index < -0.39 is 0 Å². The molecule has 1 heterocycles. The van der Waals surface area contributed by atoms with Gasteiger partial charge in [-0.3, -0.25) is 4.79 Å². The van der Waals surface area contributed by atoms with Crippen molar-refractivity contribution in [3.63, 3.8) is 0 Å². The van der Waals surface area contributed by atoms with Crippen molar-refractivity contribution < 1.29 is 9.32 Å². The maximum atomic E-state index is 12.2. The molecule has 1 N–H and O–H groups in total. The topological polar surface area (TPSA) is 68.0 Å². The van der Waals surface area contributed by atoms with Gasteiger partial charge in [-0.1, -0.05) is 53.2 Å². The lowest BCUT2D eigenvalue weighted by atomic mass is 10.1. The zero-order valence-electron chi connectivity index (χ0n) is 13.0. The van der Waals surface area contributed by atoms with Gasteiger partial charge in [-0.2, -0.15) is 4.98 Å². The number of hydrogen-bond acceptors (Lipinski definition) is 4. The van der Waals surface area contributed by atoms with E-state index in [9.17, 15) is 4.79 Å². The van der Waals surface area contributed by atoms with Crippen molar-refractivity contribution in [2.24, 2.45) is 0 Å². The first-order valence-corrected chi connectivity index (χ1v) is 7.40. The fraction of sp³-hybridized carbons (Fsp3) is 0.167. The predicted molar refractivity (Wildman–Crippen MR) is 86.8 cm³/mol. The van der Waals surface area contributed by atoms with Gasteiger partial charge in [0.05, 0.1) is 6.04 Å². The van der Waals surface area contributed by atoms with Crippen molar-refractivity contribution in [2.45, 2.75) is 19.9 Å². The highest BCUT2D eigenvalue weighted by molar-refractivity contribution is 5.90. The Morgan fingerprint density at radius 3 is 2.48 bits per heavy atom. The van der Waals surface area contributed by atoms with Crippen LogP contribution in [0.15, 0.2) is 59.1 Å². The summed E-state index contributed by atoms with van der Waals surface area (Å²) in [6, 6.07) is 17.3. The molecule has 116 valence electrons. The van der Waals surface area contributed by atoms with E-state index in [1.165, 1.54) is 0 Å². The van der Waals surface area contributed by atoms with Crippen LogP contribution in [0.2, 0.25) is 0 Å². The second kappa shape index (κ2) is 6.44. The molecule has 1 aromatic heterocycles. The molecule has 2 aromatic carbocycles. The molecule has 0 aliphatic carbocycles. The van der Waals surface area contributed by atoms with E-state index in [0.717, 1.165) is 16.7 Å². The van der Waals surface area contributed by atoms with Gasteiger partial charge in [0.1, 0.15) is 0 Å². The van der Waals surface area contributed by atoms with E-state index in [2.05, 4.69) is 15.5 Å². The fourth-order valence-electron chi connectivity index (χ4n) is 2.22. The van der Waals surface area contributed by atoms with Gasteiger partial charge in [-0.15, -0.1) is 0 Å². The van der Waals surface area contributed by atoms with Crippen molar-refractivity contribution in [3.05, 3.63) is 71.5 Å². The van der Waals surface area contributed by atoms with Crippen LogP contribution in [0.4, 0.5) is 0 Å². The summed E-state index contributed by atoms with van der Waals surface area (Å²) < 4.78 is 5.18. The first-order chi connectivity index (χ1) is 11.1. The molecule has 0 radical (unpaired) electrons. The van der Waals surface area contributed by atoms with Crippen LogP contribution < -0.4 is 5.32 Å². The van der Waals surface area contributed by atoms with Gasteiger partial charge in [0.25, 0.3) is 17.6 Å². The number of rotatable bonds is 4. The average molecular weight is 307 g/mol. The molecule has 0 spiro atoms. The molecule has 0 aliphatic heterocycles. The molecule has 0 saturated heterocycles. The number of aromatic nitrogens is 2. The van der Waals surface area contributed by atoms with E-state index in [1.54, 1.807) is 0 Å². The van der Waals surface area contributed by atoms with Crippen molar-refractivity contribution in [1.29, 1.82) is 0 Å². The predicted octanol–water partition coefficient (Wildman–Crippen LogP) is 3.54. The van der Waals surface area contributed by atoms with E-state index in [0.29, 0.717) is 5.89 Å². The quantitative estimate of drug-likeness (QED) is 0.800. The lowest BCUT2D eigenvalue weighted by Gasteiger charge is -2.12. The summed E-state index contributed by atoms with van der Waals surface area (Å²) in [5.41, 5.74) is 2.95. The zero-order chi connectivity index (χ0) is 16.2. The molecular formula is C18H17N3O2. The standard InChI is InChI=1S/C18H17N3O2/c1-12-8-10-15(11-9-12)18-20-16(21-23-18)17(22)19-13(2)14-6-4-3-5-7-14/h3-11,13H,1-2H3,(H,19,22). The summed E-state index contributed by atoms with van der Waals surface area (Å²) in [6.07, 6.45) is 0. The highest BCUT2D eigenvalue weighted by Gasteiger charge is 2.18. The van der Waals surface area contributed by atoms with Crippen LogP contribution in [0.5, 0.6) is 0 Å². The van der Waals surface area contributed by atoms with E-state index in [-0.39, 0.29) is 17.8 Å². The Balaban J connectivity index is 1.72. The minimum Gasteiger partial charge on any atom is -0.343 e. The Kier molecular flexibility index (Phi) is 4.19. The van der Waals surface area contributed by atoms with Crippen molar-refractivity contribution in [1.82, 2.24) is 15.5 Å². The smallest absolute Gasteiger partial charge is 0.293 e. The third-order valence-corrected chi connectivity index (χ3v) is 3.57. The minimum atomic E-state index is -0.358. The third-order valence-electron chi connectivity index (χ3n) is 3.57. The highest BCUT2D eigenvalue weighted by Crippen LogP contribution is 2.18. The van der Waals surface area contributed by atoms with Gasteiger partial charge in [0, 0.05) is 5.56 Å². The fourth-order valence-corrected chi connectivity index (χ4v) is 2.22. The SMILES string of the molecule is Cc1ccc(-c2nc(C(=O)NC(C)c3ccccc3)no2)cc1. The Bertz CT molecular complexity index is 795. The number of hydrogen-bond donors (Lipinski definition) is 1. The second-order valence-electron chi connectivity index (χ2n) is 5.39. The molecule has 23 heavy (non-hydrogen) atoms. The number of nitrogens with one attached hydrogen (secondary N) is 1. The number of aryl methyl sites for hydroxylation is 1. The Labute approximate surface area is 134 Å². The summed E-state index contributed by atoms with van der Waals surface area (Å²) in [4.78, 5) is 16.4. The summed E-state index contributed by atoms with van der Waals surface area (Å²) in [6.45, 7) is 3.91. The van der Waals surface area contributed by atoms with Crippen molar-refractivity contribution >= 4 is 5.91 Å². The van der Waals surface area contributed by atoms with Crippen LogP contribution in [0.25, 0.3) is 11.5 Å². The molecule has 0 bridgehead atoms. The number of amides is 1. The first kappa shape index (κ1) is 15.0.